The largest absolute Gasteiger partial charge is 0.486 e. The molecule has 2 aromatic rings. The first kappa shape index (κ1) is 27.6. The van der Waals surface area contributed by atoms with Crippen LogP contribution in [0.1, 0.15) is 49.1 Å². The molecule has 0 radical (unpaired) electrons. The van der Waals surface area contributed by atoms with Gasteiger partial charge in [-0.05, 0) is 66.9 Å². The maximum absolute atomic E-state index is 14.1. The zero-order valence-electron chi connectivity index (χ0n) is 22.1. The van der Waals surface area contributed by atoms with E-state index < -0.39 is 24.2 Å². The number of ether oxygens (including phenoxy) is 1. The van der Waals surface area contributed by atoms with E-state index >= 15 is 0 Å². The van der Waals surface area contributed by atoms with E-state index in [2.05, 4.69) is 5.32 Å². The van der Waals surface area contributed by atoms with Crippen molar-refractivity contribution in [3.05, 3.63) is 75.3 Å². The molecule has 3 N–H and O–H groups in total. The number of hydrogen-bond acceptors (Lipinski definition) is 5. The van der Waals surface area contributed by atoms with Crippen LogP contribution >= 0.6 is 23.2 Å². The maximum atomic E-state index is 14.1. The Kier molecular flexibility index (Phi) is 7.83. The fourth-order valence-electron chi connectivity index (χ4n) is 7.35. The average Bonchev–Trinajstić information content (AvgIpc) is 3.67. The second-order valence-corrected chi connectivity index (χ2v) is 12.4. The minimum atomic E-state index is -1.08. The molecule has 212 valence electrons. The Labute approximate surface area is 244 Å². The van der Waals surface area contributed by atoms with Crippen molar-refractivity contribution in [2.75, 3.05) is 13.2 Å². The van der Waals surface area contributed by atoms with Crippen molar-refractivity contribution < 1.29 is 24.5 Å². The lowest BCUT2D eigenvalue weighted by Gasteiger charge is -2.41. The van der Waals surface area contributed by atoms with Crippen LogP contribution in [0.25, 0.3) is 0 Å². The quantitative estimate of drug-likeness (QED) is 0.425. The Morgan fingerprint density at radius 1 is 1.10 bits per heavy atom. The molecule has 2 aromatic carbocycles. The van der Waals surface area contributed by atoms with Crippen LogP contribution in [0, 0.1) is 17.8 Å². The fourth-order valence-corrected chi connectivity index (χ4v) is 7.82. The number of rotatable bonds is 8. The molecule has 6 rings (SSSR count). The fraction of sp³-hybridized carbons (Fsp3) is 0.484. The first-order valence-corrected chi connectivity index (χ1v) is 14.9. The number of para-hydroxylation sites is 1. The summed E-state index contributed by atoms with van der Waals surface area (Å²) in [6.45, 7) is 0.0514. The van der Waals surface area contributed by atoms with Crippen LogP contribution in [-0.4, -0.2) is 58.3 Å². The number of aliphatic hydroxyl groups is 2. The molecule has 7 unspecified atom stereocenters. The standard InChI is InChI=1S/C31H34Cl2N2O5/c32-21-8-7-19(24(33)14-21)16-35(27(37)13-20-12-17-5-6-18(20)11-17)25-15-23(31(39)34-9-10-36)28-22-3-1-2-4-26(22)40-30(28)29(25)38/h1-4,7-8,14-15,17-18,20,25,28-30,36,38H,5-6,9-13,16H2,(H,34,39). The molecule has 4 aliphatic rings. The van der Waals surface area contributed by atoms with Crippen molar-refractivity contribution >= 4 is 35.0 Å². The first-order chi connectivity index (χ1) is 19.3. The Balaban J connectivity index is 1.37. The summed E-state index contributed by atoms with van der Waals surface area (Å²) in [7, 11) is 0. The highest BCUT2D eigenvalue weighted by atomic mass is 35.5. The van der Waals surface area contributed by atoms with Gasteiger partial charge in [-0.2, -0.15) is 0 Å². The van der Waals surface area contributed by atoms with Crippen molar-refractivity contribution in [1.29, 1.82) is 0 Å². The van der Waals surface area contributed by atoms with Gasteiger partial charge in [0.2, 0.25) is 11.8 Å². The molecule has 1 heterocycles. The molecule has 0 aromatic heterocycles. The van der Waals surface area contributed by atoms with Gasteiger partial charge in [-0.15, -0.1) is 0 Å². The van der Waals surface area contributed by atoms with Gasteiger partial charge < -0.3 is 25.2 Å². The van der Waals surface area contributed by atoms with E-state index in [0.717, 1.165) is 12.0 Å². The van der Waals surface area contributed by atoms with E-state index in [1.165, 1.54) is 19.3 Å². The molecule has 2 bridgehead atoms. The van der Waals surface area contributed by atoms with Crippen LogP contribution in [0.4, 0.5) is 0 Å². The Bertz CT molecular complexity index is 1330. The van der Waals surface area contributed by atoms with Crippen molar-refractivity contribution in [3.8, 4) is 5.75 Å². The van der Waals surface area contributed by atoms with Crippen molar-refractivity contribution in [2.45, 2.75) is 62.8 Å². The van der Waals surface area contributed by atoms with Crippen LogP contribution in [-0.2, 0) is 16.1 Å². The normalized spacial score (nSPS) is 29.8. The van der Waals surface area contributed by atoms with Crippen molar-refractivity contribution in [1.82, 2.24) is 10.2 Å². The molecule has 9 heteroatoms. The van der Waals surface area contributed by atoms with Gasteiger partial charge in [0.05, 0.1) is 18.6 Å². The van der Waals surface area contributed by atoms with E-state index in [1.807, 2.05) is 24.3 Å². The third-order valence-electron chi connectivity index (χ3n) is 9.23. The third kappa shape index (κ3) is 5.13. The molecule has 40 heavy (non-hydrogen) atoms. The number of carbonyl (C=O) groups is 2. The number of fused-ring (bicyclic) bond motifs is 5. The monoisotopic (exact) mass is 584 g/mol. The molecule has 7 nitrogen and oxygen atoms in total. The molecular formula is C31H34Cl2N2O5. The molecule has 2 saturated carbocycles. The summed E-state index contributed by atoms with van der Waals surface area (Å²) in [4.78, 5) is 29.2. The highest BCUT2D eigenvalue weighted by Crippen LogP contribution is 2.50. The number of benzene rings is 2. The number of amides is 2. The number of halogens is 2. The molecule has 1 aliphatic heterocycles. The summed E-state index contributed by atoms with van der Waals surface area (Å²) in [5.74, 6) is 1.28. The summed E-state index contributed by atoms with van der Waals surface area (Å²) < 4.78 is 6.23. The first-order valence-electron chi connectivity index (χ1n) is 14.1. The topological polar surface area (TPSA) is 99.1 Å². The van der Waals surface area contributed by atoms with Crippen LogP contribution < -0.4 is 10.1 Å². The summed E-state index contributed by atoms with van der Waals surface area (Å²) in [6.07, 6.45) is 4.95. The van der Waals surface area contributed by atoms with E-state index in [-0.39, 0.29) is 31.5 Å². The Morgan fingerprint density at radius 3 is 2.65 bits per heavy atom. The lowest BCUT2D eigenvalue weighted by Crippen LogP contribution is -2.55. The molecule has 2 amide bonds. The Morgan fingerprint density at radius 2 is 1.93 bits per heavy atom. The summed E-state index contributed by atoms with van der Waals surface area (Å²) in [6, 6.07) is 11.8. The third-order valence-corrected chi connectivity index (χ3v) is 9.82. The van der Waals surface area contributed by atoms with Gasteiger partial charge in [-0.1, -0.05) is 53.9 Å². The predicted molar refractivity (Wildman–Crippen MR) is 152 cm³/mol. The van der Waals surface area contributed by atoms with Crippen LogP contribution in [0.15, 0.2) is 54.1 Å². The molecule has 0 saturated heterocycles. The number of carbonyl (C=O) groups excluding carboxylic acids is 2. The predicted octanol–water partition coefficient (Wildman–Crippen LogP) is 4.47. The molecule has 3 aliphatic carbocycles. The van der Waals surface area contributed by atoms with Crippen LogP contribution in [0.2, 0.25) is 10.0 Å². The van der Waals surface area contributed by atoms with E-state index in [4.69, 9.17) is 27.9 Å². The van der Waals surface area contributed by atoms with Crippen LogP contribution in [0.3, 0.4) is 0 Å². The van der Waals surface area contributed by atoms with Crippen molar-refractivity contribution in [2.24, 2.45) is 17.8 Å². The van der Waals surface area contributed by atoms with E-state index in [9.17, 15) is 19.8 Å². The minimum Gasteiger partial charge on any atom is -0.486 e. The zero-order chi connectivity index (χ0) is 28.0. The Hall–Kier alpha value is -2.58. The number of nitrogens with one attached hydrogen (secondary N) is 1. The molecule has 7 atom stereocenters. The van der Waals surface area contributed by atoms with Gasteiger partial charge in [0.1, 0.15) is 18.0 Å². The smallest absolute Gasteiger partial charge is 0.247 e. The minimum absolute atomic E-state index is 0.0760. The average molecular weight is 586 g/mol. The number of hydrogen-bond donors (Lipinski definition) is 3. The SMILES string of the molecule is O=C(NCCO)C1=CC(N(Cc2ccc(Cl)cc2Cl)C(=O)CC2CC3CCC2C3)C(O)C2Oc3ccccc3C12. The maximum Gasteiger partial charge on any atom is 0.247 e. The van der Waals surface area contributed by atoms with Crippen LogP contribution in [0.5, 0.6) is 5.75 Å². The summed E-state index contributed by atoms with van der Waals surface area (Å²) in [5.41, 5.74) is 1.94. The molecule has 2 fully saturated rings. The lowest BCUT2D eigenvalue weighted by atomic mass is 9.77. The van der Waals surface area contributed by atoms with Crippen molar-refractivity contribution in [3.63, 3.8) is 0 Å². The highest BCUT2D eigenvalue weighted by molar-refractivity contribution is 6.35. The summed E-state index contributed by atoms with van der Waals surface area (Å²) in [5, 5.41) is 24.8. The second kappa shape index (κ2) is 11.4. The van der Waals surface area contributed by atoms with Gasteiger partial charge in [-0.25, -0.2) is 0 Å². The number of aliphatic hydroxyl groups excluding tert-OH is 2. The van der Waals surface area contributed by atoms with Gasteiger partial charge in [0.25, 0.3) is 0 Å². The summed E-state index contributed by atoms with van der Waals surface area (Å²) >= 11 is 12.7. The van der Waals surface area contributed by atoms with E-state index in [1.54, 1.807) is 29.2 Å². The highest BCUT2D eigenvalue weighted by Gasteiger charge is 2.51. The zero-order valence-corrected chi connectivity index (χ0v) is 23.7. The lowest BCUT2D eigenvalue weighted by molar-refractivity contribution is -0.139. The van der Waals surface area contributed by atoms with Gasteiger partial charge in [0, 0.05) is 40.7 Å². The molecular weight excluding hydrogens is 551 g/mol. The van der Waals surface area contributed by atoms with Gasteiger partial charge >= 0.3 is 0 Å². The van der Waals surface area contributed by atoms with Gasteiger partial charge in [-0.3, -0.25) is 9.59 Å². The van der Waals surface area contributed by atoms with E-state index in [0.29, 0.717) is 51.1 Å². The molecule has 0 spiro atoms. The van der Waals surface area contributed by atoms with Gasteiger partial charge in [0.15, 0.2) is 0 Å². The number of nitrogens with zero attached hydrogens (tertiary/aromatic N) is 1. The second-order valence-electron chi connectivity index (χ2n) is 11.6.